The number of alkyl halides is 3. The maximum Gasteiger partial charge on any atom is 0.423 e. The van der Waals surface area contributed by atoms with Crippen molar-refractivity contribution >= 4 is 5.97 Å². The van der Waals surface area contributed by atoms with Crippen LogP contribution in [-0.4, -0.2) is 40.9 Å². The Balaban J connectivity index is 2.27. The molecule has 0 saturated carbocycles. The van der Waals surface area contributed by atoms with Gasteiger partial charge in [0.05, 0.1) is 6.10 Å². The van der Waals surface area contributed by atoms with Gasteiger partial charge >= 0.3 is 17.8 Å². The van der Waals surface area contributed by atoms with E-state index in [1.165, 1.54) is 12.2 Å². The number of nitrogens with one attached hydrogen (secondary N) is 1. The van der Waals surface area contributed by atoms with Gasteiger partial charge in [-0.1, -0.05) is 12.0 Å². The molecule has 0 amide bonds. The normalized spacial score (nSPS) is 22.3. The van der Waals surface area contributed by atoms with Crippen molar-refractivity contribution in [2.45, 2.75) is 38.0 Å². The molecule has 1 aromatic rings. The summed E-state index contributed by atoms with van der Waals surface area (Å²) in [4.78, 5) is 36.5. The summed E-state index contributed by atoms with van der Waals surface area (Å²) in [6, 6.07) is 0. The third-order valence-corrected chi connectivity index (χ3v) is 3.84. The van der Waals surface area contributed by atoms with Crippen molar-refractivity contribution in [1.82, 2.24) is 9.55 Å². The first-order valence-corrected chi connectivity index (χ1v) is 8.10. The van der Waals surface area contributed by atoms with E-state index in [0.717, 1.165) is 0 Å². The van der Waals surface area contributed by atoms with E-state index in [-0.39, 0.29) is 19.6 Å². The van der Waals surface area contributed by atoms with Crippen molar-refractivity contribution in [3.63, 3.8) is 0 Å². The van der Waals surface area contributed by atoms with Crippen LogP contribution in [0.5, 0.6) is 0 Å². The zero-order chi connectivity index (χ0) is 20.9. The summed E-state index contributed by atoms with van der Waals surface area (Å²) in [6.45, 7) is 1.23. The number of terminal acetylenes is 1. The fourth-order valence-electron chi connectivity index (χ4n) is 2.60. The number of allylic oxidation sites excluding steroid dienone is 1. The first-order valence-electron chi connectivity index (χ1n) is 8.10. The second-order valence-corrected chi connectivity index (χ2v) is 5.76. The Labute approximate surface area is 156 Å². The average Bonchev–Trinajstić information content (AvgIpc) is 3.00. The van der Waals surface area contributed by atoms with Gasteiger partial charge in [-0.2, -0.15) is 13.2 Å². The lowest BCUT2D eigenvalue weighted by molar-refractivity contribution is -0.146. The van der Waals surface area contributed by atoms with Crippen molar-refractivity contribution in [3.8, 4) is 12.3 Å². The fourth-order valence-corrected chi connectivity index (χ4v) is 2.60. The Bertz CT molecular complexity index is 896. The molecule has 1 fully saturated rings. The molecule has 2 heterocycles. The third kappa shape index (κ3) is 5.11. The van der Waals surface area contributed by atoms with Gasteiger partial charge < -0.3 is 14.2 Å². The summed E-state index contributed by atoms with van der Waals surface area (Å²) in [5, 5.41) is 0. The number of aromatic amines is 1. The van der Waals surface area contributed by atoms with Crippen LogP contribution in [-0.2, 0) is 25.2 Å². The topological polar surface area (TPSA) is 99.6 Å². The molecule has 8 nitrogen and oxygen atoms in total. The van der Waals surface area contributed by atoms with Crippen LogP contribution in [0.1, 0.15) is 25.1 Å². The molecule has 1 N–H and O–H groups in total. The quantitative estimate of drug-likeness (QED) is 0.433. The summed E-state index contributed by atoms with van der Waals surface area (Å²) < 4.78 is 55.4. The molecule has 2 rings (SSSR count). The zero-order valence-electron chi connectivity index (χ0n) is 14.7. The fraction of sp³-hybridized carbons (Fsp3) is 0.471. The number of carbonyl (C=O) groups excluding carboxylic acids is 1. The molecule has 152 valence electrons. The summed E-state index contributed by atoms with van der Waals surface area (Å²) in [6.07, 6.45) is 0.361. The molecule has 0 radical (unpaired) electrons. The van der Waals surface area contributed by atoms with Gasteiger partial charge in [0.15, 0.2) is 0 Å². The molecule has 1 aliphatic rings. The van der Waals surface area contributed by atoms with E-state index in [2.05, 4.69) is 5.92 Å². The molecule has 1 aliphatic heterocycles. The van der Waals surface area contributed by atoms with E-state index in [0.29, 0.717) is 10.8 Å². The number of carbonyl (C=O) groups is 1. The standard InChI is InChI=1S/C17H17F3N2O6/c1-3-5-14(23)27-9-12-11(26-6-4-2)7-13(28-12)22-8-10(17(18,19)20)15(24)21-16(22)25/h2-3,5,8,11-13H,6-7,9H2,1H3,(H,21,24,25)/b5-3+/t11-,12+,13+/m0/s1. The molecule has 3 atom stereocenters. The van der Waals surface area contributed by atoms with E-state index in [1.54, 1.807) is 11.9 Å². The van der Waals surface area contributed by atoms with Gasteiger partial charge in [0.1, 0.15) is 31.1 Å². The van der Waals surface area contributed by atoms with Gasteiger partial charge in [-0.3, -0.25) is 14.3 Å². The van der Waals surface area contributed by atoms with Crippen LogP contribution in [0.4, 0.5) is 13.2 Å². The number of hydrogen-bond acceptors (Lipinski definition) is 6. The van der Waals surface area contributed by atoms with Gasteiger partial charge in [0.25, 0.3) is 5.56 Å². The lowest BCUT2D eigenvalue weighted by Crippen LogP contribution is -2.36. The Morgan fingerprint density at radius 2 is 2.21 bits per heavy atom. The largest absolute Gasteiger partial charge is 0.460 e. The van der Waals surface area contributed by atoms with Crippen LogP contribution in [0.2, 0.25) is 0 Å². The van der Waals surface area contributed by atoms with Crippen LogP contribution in [0.25, 0.3) is 0 Å². The molecule has 28 heavy (non-hydrogen) atoms. The predicted octanol–water partition coefficient (Wildman–Crippen LogP) is 0.981. The molecule has 0 aromatic carbocycles. The van der Waals surface area contributed by atoms with E-state index >= 15 is 0 Å². The number of halogens is 3. The van der Waals surface area contributed by atoms with Crippen molar-refractivity contribution in [3.05, 3.63) is 44.8 Å². The summed E-state index contributed by atoms with van der Waals surface area (Å²) >= 11 is 0. The Morgan fingerprint density at radius 1 is 1.50 bits per heavy atom. The maximum absolute atomic E-state index is 13.0. The van der Waals surface area contributed by atoms with Gasteiger partial charge in [0, 0.05) is 18.7 Å². The molecule has 1 saturated heterocycles. The van der Waals surface area contributed by atoms with Crippen molar-refractivity contribution in [2.75, 3.05) is 13.2 Å². The molecule has 11 heteroatoms. The zero-order valence-corrected chi connectivity index (χ0v) is 14.7. The Morgan fingerprint density at radius 3 is 2.82 bits per heavy atom. The number of ether oxygens (including phenoxy) is 3. The predicted molar refractivity (Wildman–Crippen MR) is 89.2 cm³/mol. The van der Waals surface area contributed by atoms with Crippen LogP contribution in [0.15, 0.2) is 27.9 Å². The Kier molecular flexibility index (Phi) is 6.82. The van der Waals surface area contributed by atoms with E-state index in [4.69, 9.17) is 20.6 Å². The second kappa shape index (κ2) is 8.90. The van der Waals surface area contributed by atoms with E-state index in [1.807, 2.05) is 0 Å². The highest BCUT2D eigenvalue weighted by atomic mass is 19.4. The molecule has 1 aromatic heterocycles. The lowest BCUT2D eigenvalue weighted by Gasteiger charge is -2.18. The first kappa shape index (κ1) is 21.5. The third-order valence-electron chi connectivity index (χ3n) is 3.84. The monoisotopic (exact) mass is 402 g/mol. The smallest absolute Gasteiger partial charge is 0.423 e. The SMILES string of the molecule is C#CCO[C@H]1C[C@H](n2cc(C(F)(F)F)c(=O)[nH]c2=O)O[C@@H]1COC(=O)/C=C/C. The minimum Gasteiger partial charge on any atom is -0.460 e. The Hall–Kier alpha value is -2.84. The lowest BCUT2D eigenvalue weighted by atomic mass is 10.2. The number of hydrogen-bond donors (Lipinski definition) is 1. The van der Waals surface area contributed by atoms with Crippen molar-refractivity contribution < 1.29 is 32.2 Å². The molecule has 0 bridgehead atoms. The minimum absolute atomic E-state index is 0.0449. The molecule has 0 unspecified atom stereocenters. The van der Waals surface area contributed by atoms with Gasteiger partial charge in [-0.15, -0.1) is 6.42 Å². The van der Waals surface area contributed by atoms with Gasteiger partial charge in [0.2, 0.25) is 0 Å². The van der Waals surface area contributed by atoms with Crippen LogP contribution in [0, 0.1) is 12.3 Å². The number of esters is 1. The van der Waals surface area contributed by atoms with Gasteiger partial charge in [-0.05, 0) is 6.92 Å². The van der Waals surface area contributed by atoms with Crippen molar-refractivity contribution in [2.24, 2.45) is 0 Å². The highest BCUT2D eigenvalue weighted by Crippen LogP contribution is 2.32. The van der Waals surface area contributed by atoms with Gasteiger partial charge in [-0.25, -0.2) is 9.59 Å². The first-order chi connectivity index (χ1) is 13.2. The molecular formula is C17H17F3N2O6. The maximum atomic E-state index is 13.0. The number of rotatable bonds is 6. The number of aromatic nitrogens is 2. The molecular weight excluding hydrogens is 385 g/mol. The summed E-state index contributed by atoms with van der Waals surface area (Å²) in [5.74, 6) is 1.59. The van der Waals surface area contributed by atoms with Crippen molar-refractivity contribution in [1.29, 1.82) is 0 Å². The summed E-state index contributed by atoms with van der Waals surface area (Å²) in [7, 11) is 0. The van der Waals surface area contributed by atoms with Crippen LogP contribution >= 0.6 is 0 Å². The molecule has 0 spiro atoms. The van der Waals surface area contributed by atoms with Crippen LogP contribution < -0.4 is 11.2 Å². The highest BCUT2D eigenvalue weighted by molar-refractivity contribution is 5.81. The number of H-pyrrole nitrogens is 1. The van der Waals surface area contributed by atoms with Crippen LogP contribution in [0.3, 0.4) is 0 Å². The molecule has 0 aliphatic carbocycles. The number of nitrogens with zero attached hydrogens (tertiary/aromatic N) is 1. The van der Waals surface area contributed by atoms with E-state index < -0.39 is 47.4 Å². The van der Waals surface area contributed by atoms with E-state index in [9.17, 15) is 27.6 Å². The summed E-state index contributed by atoms with van der Waals surface area (Å²) in [5.41, 5.74) is -4.17. The minimum atomic E-state index is -4.96. The average molecular weight is 402 g/mol. The highest BCUT2D eigenvalue weighted by Gasteiger charge is 2.40. The second-order valence-electron chi connectivity index (χ2n) is 5.76.